The summed E-state index contributed by atoms with van der Waals surface area (Å²) in [5.74, 6) is 1.33. The number of aromatic amines is 1. The molecule has 0 bridgehead atoms. The molecule has 4 rings (SSSR count). The SMILES string of the molecule is CC1=Nc2ccc(OCc3ccccc3)cc2CN1c1cc(O)[nH]c1O. The van der Waals surface area contributed by atoms with E-state index in [1.54, 1.807) is 0 Å². The molecule has 3 aromatic rings. The van der Waals surface area contributed by atoms with Gasteiger partial charge in [0, 0.05) is 11.6 Å². The fourth-order valence-electron chi connectivity index (χ4n) is 3.03. The third-order valence-electron chi connectivity index (χ3n) is 4.35. The zero-order valence-corrected chi connectivity index (χ0v) is 14.3. The first-order chi connectivity index (χ1) is 12.6. The first-order valence-electron chi connectivity index (χ1n) is 8.33. The van der Waals surface area contributed by atoms with Gasteiger partial charge in [0.2, 0.25) is 5.88 Å². The van der Waals surface area contributed by atoms with Crippen LogP contribution >= 0.6 is 0 Å². The molecule has 2 heterocycles. The molecule has 0 spiro atoms. The lowest BCUT2D eigenvalue weighted by atomic mass is 10.1. The Bertz CT molecular complexity index is 964. The predicted octanol–water partition coefficient (Wildman–Crippen LogP) is 4.08. The first-order valence-corrected chi connectivity index (χ1v) is 8.33. The van der Waals surface area contributed by atoms with E-state index >= 15 is 0 Å². The van der Waals surface area contributed by atoms with E-state index in [0.29, 0.717) is 18.8 Å². The van der Waals surface area contributed by atoms with Crippen LogP contribution in [0.4, 0.5) is 11.4 Å². The number of H-pyrrole nitrogens is 1. The molecule has 0 unspecified atom stereocenters. The number of aromatic hydroxyl groups is 2. The Morgan fingerprint density at radius 1 is 1.12 bits per heavy atom. The fraction of sp³-hybridized carbons (Fsp3) is 0.150. The second kappa shape index (κ2) is 6.48. The average molecular weight is 349 g/mol. The van der Waals surface area contributed by atoms with Crippen molar-refractivity contribution in [3.8, 4) is 17.5 Å². The van der Waals surface area contributed by atoms with Crippen molar-refractivity contribution in [3.63, 3.8) is 0 Å². The van der Waals surface area contributed by atoms with Crippen LogP contribution in [0.25, 0.3) is 0 Å². The van der Waals surface area contributed by atoms with Crippen LogP contribution in [0.1, 0.15) is 18.1 Å². The van der Waals surface area contributed by atoms with Gasteiger partial charge in [0.05, 0.1) is 12.2 Å². The van der Waals surface area contributed by atoms with Crippen LogP contribution in [0.3, 0.4) is 0 Å². The second-order valence-electron chi connectivity index (χ2n) is 6.20. The standard InChI is InChI=1S/C20H19N3O3/c1-13-21-17-8-7-16(26-12-14-5-3-2-4-6-14)9-15(17)11-23(13)18-10-19(24)22-20(18)25/h2-10,22,24-25H,11-12H2,1H3. The van der Waals surface area contributed by atoms with Crippen LogP contribution in [0.2, 0.25) is 0 Å². The van der Waals surface area contributed by atoms with Crippen LogP contribution in [0, 0.1) is 0 Å². The summed E-state index contributed by atoms with van der Waals surface area (Å²) in [5.41, 5.74) is 3.46. The summed E-state index contributed by atoms with van der Waals surface area (Å²) in [6.45, 7) is 2.89. The Hall–Kier alpha value is -3.41. The van der Waals surface area contributed by atoms with Gasteiger partial charge in [0.15, 0.2) is 5.88 Å². The Balaban J connectivity index is 1.57. The summed E-state index contributed by atoms with van der Waals surface area (Å²) in [6, 6.07) is 17.3. The first kappa shape index (κ1) is 16.1. The quantitative estimate of drug-likeness (QED) is 0.663. The monoisotopic (exact) mass is 349 g/mol. The summed E-state index contributed by atoms with van der Waals surface area (Å²) in [6.07, 6.45) is 0. The molecule has 1 aromatic heterocycles. The number of benzene rings is 2. The number of hydrogen-bond donors (Lipinski definition) is 3. The number of nitrogens with one attached hydrogen (secondary N) is 1. The van der Waals surface area contributed by atoms with Crippen LogP contribution in [-0.2, 0) is 13.2 Å². The van der Waals surface area contributed by atoms with Crippen molar-refractivity contribution in [2.24, 2.45) is 4.99 Å². The summed E-state index contributed by atoms with van der Waals surface area (Å²) in [4.78, 5) is 8.92. The van der Waals surface area contributed by atoms with Crippen LogP contribution in [0.5, 0.6) is 17.5 Å². The maximum atomic E-state index is 9.98. The van der Waals surface area contributed by atoms with Crippen LogP contribution < -0.4 is 9.64 Å². The van der Waals surface area contributed by atoms with E-state index < -0.39 is 0 Å². The lowest BCUT2D eigenvalue weighted by Gasteiger charge is -2.28. The highest BCUT2D eigenvalue weighted by molar-refractivity contribution is 6.00. The molecule has 1 aliphatic rings. The lowest BCUT2D eigenvalue weighted by Crippen LogP contribution is -2.30. The van der Waals surface area contributed by atoms with Crippen molar-refractivity contribution < 1.29 is 14.9 Å². The Morgan fingerprint density at radius 3 is 2.65 bits per heavy atom. The molecular weight excluding hydrogens is 330 g/mol. The number of ether oxygens (including phenoxy) is 1. The minimum atomic E-state index is -0.0870. The molecule has 26 heavy (non-hydrogen) atoms. The van der Waals surface area contributed by atoms with Gasteiger partial charge in [-0.3, -0.25) is 4.98 Å². The van der Waals surface area contributed by atoms with E-state index in [2.05, 4.69) is 9.98 Å². The van der Waals surface area contributed by atoms with Crippen LogP contribution in [-0.4, -0.2) is 21.0 Å². The average Bonchev–Trinajstić information content (AvgIpc) is 2.98. The number of rotatable bonds is 4. The largest absolute Gasteiger partial charge is 0.494 e. The normalized spacial score (nSPS) is 13.3. The van der Waals surface area contributed by atoms with Crippen molar-refractivity contribution in [1.82, 2.24) is 4.98 Å². The minimum absolute atomic E-state index is 0.0861. The van der Waals surface area contributed by atoms with Crippen molar-refractivity contribution in [3.05, 3.63) is 65.7 Å². The molecule has 6 nitrogen and oxygen atoms in total. The molecule has 0 aliphatic carbocycles. The molecule has 132 valence electrons. The summed E-state index contributed by atoms with van der Waals surface area (Å²) >= 11 is 0. The van der Waals surface area contributed by atoms with Gasteiger partial charge >= 0.3 is 0 Å². The van der Waals surface area contributed by atoms with Gasteiger partial charge in [-0.1, -0.05) is 30.3 Å². The third-order valence-corrected chi connectivity index (χ3v) is 4.35. The van der Waals surface area contributed by atoms with Gasteiger partial charge in [-0.15, -0.1) is 0 Å². The number of nitrogens with zero attached hydrogens (tertiary/aromatic N) is 2. The smallest absolute Gasteiger partial charge is 0.215 e. The Labute approximate surface area is 151 Å². The summed E-state index contributed by atoms with van der Waals surface area (Å²) in [7, 11) is 0. The zero-order valence-electron chi connectivity index (χ0n) is 14.3. The topological polar surface area (TPSA) is 81.1 Å². The van der Waals surface area contributed by atoms with Gasteiger partial charge in [-0.2, -0.15) is 0 Å². The van der Waals surface area contributed by atoms with Gasteiger partial charge in [0.25, 0.3) is 0 Å². The molecule has 0 saturated carbocycles. The van der Waals surface area contributed by atoms with Gasteiger partial charge in [-0.25, -0.2) is 4.99 Å². The molecule has 0 saturated heterocycles. The van der Waals surface area contributed by atoms with Gasteiger partial charge in [-0.05, 0) is 30.7 Å². The molecular formula is C20H19N3O3. The zero-order chi connectivity index (χ0) is 18.1. The Kier molecular flexibility index (Phi) is 4.01. The molecule has 2 aromatic carbocycles. The third kappa shape index (κ3) is 3.09. The minimum Gasteiger partial charge on any atom is -0.494 e. The van der Waals surface area contributed by atoms with Crippen molar-refractivity contribution in [2.75, 3.05) is 4.90 Å². The summed E-state index contributed by atoms with van der Waals surface area (Å²) < 4.78 is 5.89. The number of aromatic nitrogens is 1. The van der Waals surface area contributed by atoms with Crippen molar-refractivity contribution >= 4 is 17.2 Å². The molecule has 1 aliphatic heterocycles. The number of anilines is 1. The lowest BCUT2D eigenvalue weighted by molar-refractivity contribution is 0.306. The second-order valence-corrected chi connectivity index (χ2v) is 6.20. The number of hydrogen-bond acceptors (Lipinski definition) is 5. The maximum absolute atomic E-state index is 9.98. The molecule has 0 radical (unpaired) electrons. The highest BCUT2D eigenvalue weighted by atomic mass is 16.5. The van der Waals surface area contributed by atoms with Gasteiger partial charge < -0.3 is 19.8 Å². The van der Waals surface area contributed by atoms with E-state index in [-0.39, 0.29) is 11.8 Å². The van der Waals surface area contributed by atoms with Gasteiger partial charge in [0.1, 0.15) is 23.9 Å². The number of amidine groups is 1. The maximum Gasteiger partial charge on any atom is 0.215 e. The van der Waals surface area contributed by atoms with E-state index in [0.717, 1.165) is 28.4 Å². The van der Waals surface area contributed by atoms with Crippen molar-refractivity contribution in [1.29, 1.82) is 0 Å². The molecule has 0 fully saturated rings. The number of aliphatic imine (C=N–C) groups is 1. The van der Waals surface area contributed by atoms with E-state index in [1.807, 2.05) is 60.4 Å². The number of fused-ring (bicyclic) bond motifs is 1. The van der Waals surface area contributed by atoms with E-state index in [9.17, 15) is 10.2 Å². The van der Waals surface area contributed by atoms with Crippen molar-refractivity contribution in [2.45, 2.75) is 20.1 Å². The molecule has 0 amide bonds. The highest BCUT2D eigenvalue weighted by Crippen LogP contribution is 2.37. The molecule has 3 N–H and O–H groups in total. The molecule has 6 heteroatoms. The van der Waals surface area contributed by atoms with E-state index in [1.165, 1.54) is 6.07 Å². The fourth-order valence-corrected chi connectivity index (χ4v) is 3.03. The predicted molar refractivity (Wildman–Crippen MR) is 100 cm³/mol. The van der Waals surface area contributed by atoms with Crippen LogP contribution in [0.15, 0.2) is 59.6 Å². The van der Waals surface area contributed by atoms with E-state index in [4.69, 9.17) is 4.74 Å². The molecule has 0 atom stereocenters. The highest BCUT2D eigenvalue weighted by Gasteiger charge is 2.23. The Morgan fingerprint density at radius 2 is 1.92 bits per heavy atom. The summed E-state index contributed by atoms with van der Waals surface area (Å²) in [5, 5.41) is 19.5.